The summed E-state index contributed by atoms with van der Waals surface area (Å²) in [6, 6.07) is 11.0. The van der Waals surface area contributed by atoms with Gasteiger partial charge < -0.3 is 40.9 Å². The van der Waals surface area contributed by atoms with Crippen molar-refractivity contribution >= 4 is 67.9 Å². The molecule has 0 radical (unpaired) electrons. The molecule has 3 aromatic heterocycles. The first-order chi connectivity index (χ1) is 38.7. The number of benzene rings is 2. The maximum absolute atomic E-state index is 14.9. The largest absolute Gasteiger partial charge is 0.492 e. The zero-order chi connectivity index (χ0) is 57.8. The number of rotatable bonds is 18. The summed E-state index contributed by atoms with van der Waals surface area (Å²) in [5.74, 6) is -0.0342. The Hall–Kier alpha value is -7.40. The Morgan fingerprint density at radius 2 is 1.67 bits per heavy atom. The van der Waals surface area contributed by atoms with E-state index in [1.54, 1.807) is 39.0 Å². The number of carbonyl (C=O) groups is 5. The highest BCUT2D eigenvalue weighted by molar-refractivity contribution is 7.92. The minimum Gasteiger partial charge on any atom is -0.492 e. The lowest BCUT2D eigenvalue weighted by Crippen LogP contribution is -2.59. The summed E-state index contributed by atoms with van der Waals surface area (Å²) in [6.07, 6.45) is 9.11. The molecule has 22 nitrogen and oxygen atoms in total. The minimum absolute atomic E-state index is 0.0283. The number of nitrogens with one attached hydrogen (secondary N) is 5. The highest BCUT2D eigenvalue weighted by atomic mass is 32.2. The van der Waals surface area contributed by atoms with Crippen molar-refractivity contribution in [2.24, 2.45) is 5.92 Å². The van der Waals surface area contributed by atoms with E-state index in [-0.39, 0.29) is 48.1 Å². The second-order valence-electron chi connectivity index (χ2n) is 23.1. The molecule has 5 heterocycles. The summed E-state index contributed by atoms with van der Waals surface area (Å²) in [4.78, 5) is 89.4. The summed E-state index contributed by atoms with van der Waals surface area (Å²) < 4.78 is 33.2. The van der Waals surface area contributed by atoms with Crippen molar-refractivity contribution in [1.29, 1.82) is 0 Å². The van der Waals surface area contributed by atoms with Gasteiger partial charge in [0.05, 0.1) is 28.5 Å². The Bertz CT molecular complexity index is 3230. The van der Waals surface area contributed by atoms with Gasteiger partial charge in [-0.3, -0.25) is 34.1 Å². The van der Waals surface area contributed by atoms with Crippen LogP contribution in [0.2, 0.25) is 0 Å². The predicted molar refractivity (Wildman–Crippen MR) is 306 cm³/mol. The smallest absolute Gasteiger partial charge is 0.407 e. The normalized spacial score (nSPS) is 19.8. The van der Waals surface area contributed by atoms with Crippen LogP contribution in [-0.4, -0.2) is 165 Å². The molecule has 2 aromatic carbocycles. The number of piperazine rings is 1. The Balaban J connectivity index is 0.818. The van der Waals surface area contributed by atoms with E-state index in [2.05, 4.69) is 57.3 Å². The summed E-state index contributed by atoms with van der Waals surface area (Å²) in [7, 11) is -2.55. The Kier molecular flexibility index (Phi) is 17.8. The standard InChI is InChI=1S/C58H77N13O9S/c1-35-36(2)66-67-51(35)65-52-43-30-48(81(78,79)58(4,5)6)47(31-45(43)60-34-61-52)80-28-14-23-69-24-26-70(27-25-69)49-22-21-40(32-59-49)54(73)62-41-29-46(55(74)63-44-20-13-18-38-15-11-12-19-42(38)44)71(33-41)56(75)50(39-16-9-8-10-17-39)64-53(72)37(3)68(7)57(76)77/h11-12,15,19,21-22,30-32,34,37,39,41,44,46,50H,8-10,13-14,16-18,20,23-29,33H2,1-7H3,(H,62,73)(H,63,74)(H,64,72)(H,76,77)(H2,60,61,65,66,67)/t37-,41-,44+,46-,50-/m0/s1. The molecule has 5 amide bonds. The molecule has 6 N–H and O–H groups in total. The number of ether oxygens (including phenoxy) is 1. The third kappa shape index (κ3) is 13.0. The fraction of sp³-hybridized carbons (Fsp3) is 0.534. The number of amides is 5. The first kappa shape index (κ1) is 58.3. The fourth-order valence-corrected chi connectivity index (χ4v) is 12.7. The summed E-state index contributed by atoms with van der Waals surface area (Å²) in [6.45, 7) is 14.2. The maximum atomic E-state index is 14.9. The third-order valence-corrected chi connectivity index (χ3v) is 19.2. The SMILES string of the molecule is Cc1[nH]nc(Nc2ncnc3cc(OCCCN4CCN(c5ccc(C(=O)N[C@H]6C[C@@H](C(=O)N[C@@H]7CCCc8ccccc87)N(C(=O)[C@@H](NC(=O)[C@H](C)N(C)C(=O)O)C7CCCCC7)C6)cn5)CC4)c(S(=O)(=O)C(C)(C)C)cc23)c1C. The van der Waals surface area contributed by atoms with Crippen LogP contribution in [0, 0.1) is 19.8 Å². The molecule has 2 aliphatic heterocycles. The van der Waals surface area contributed by atoms with Crippen molar-refractivity contribution in [1.82, 2.24) is 55.8 Å². The number of likely N-dealkylation sites (tertiary alicyclic amines) is 1. The van der Waals surface area contributed by atoms with Gasteiger partial charge in [-0.1, -0.05) is 43.5 Å². The van der Waals surface area contributed by atoms with Gasteiger partial charge in [-0.05, 0) is 122 Å². The lowest BCUT2D eigenvalue weighted by molar-refractivity contribution is -0.143. The number of carbonyl (C=O) groups excluding carboxylic acids is 4. The van der Waals surface area contributed by atoms with Gasteiger partial charge in [-0.15, -0.1) is 0 Å². The van der Waals surface area contributed by atoms with Crippen LogP contribution in [0.4, 0.5) is 22.2 Å². The number of aromatic nitrogens is 5. The van der Waals surface area contributed by atoms with Crippen molar-refractivity contribution in [3.63, 3.8) is 0 Å². The van der Waals surface area contributed by atoms with Crippen LogP contribution in [0.15, 0.2) is 66.0 Å². The zero-order valence-electron chi connectivity index (χ0n) is 47.5. The second-order valence-corrected chi connectivity index (χ2v) is 25.7. The monoisotopic (exact) mass is 1130 g/mol. The van der Waals surface area contributed by atoms with E-state index in [1.807, 2.05) is 38.1 Å². The lowest BCUT2D eigenvalue weighted by atomic mass is 9.83. The number of aromatic amines is 1. The van der Waals surface area contributed by atoms with Crippen molar-refractivity contribution in [2.45, 2.75) is 146 Å². The van der Waals surface area contributed by atoms with Crippen molar-refractivity contribution in [2.75, 3.05) is 63.1 Å². The molecule has 434 valence electrons. The number of anilines is 3. The van der Waals surface area contributed by atoms with Crippen LogP contribution in [0.1, 0.15) is 124 Å². The quantitative estimate of drug-likeness (QED) is 0.0531. The van der Waals surface area contributed by atoms with E-state index in [9.17, 15) is 37.5 Å². The number of carboxylic acid groups (broad SMARTS) is 1. The highest BCUT2D eigenvalue weighted by Gasteiger charge is 2.46. The highest BCUT2D eigenvalue weighted by Crippen LogP contribution is 2.38. The van der Waals surface area contributed by atoms with Gasteiger partial charge in [0.1, 0.15) is 46.7 Å². The van der Waals surface area contributed by atoms with E-state index in [0.29, 0.717) is 72.8 Å². The lowest BCUT2D eigenvalue weighted by Gasteiger charge is -2.36. The zero-order valence-corrected chi connectivity index (χ0v) is 48.3. The first-order valence-electron chi connectivity index (χ1n) is 28.3. The van der Waals surface area contributed by atoms with Crippen molar-refractivity contribution in [3.8, 4) is 5.75 Å². The van der Waals surface area contributed by atoms with E-state index < -0.39 is 62.6 Å². The van der Waals surface area contributed by atoms with Gasteiger partial charge in [0.15, 0.2) is 15.7 Å². The number of pyridine rings is 1. The Labute approximate surface area is 473 Å². The second kappa shape index (κ2) is 24.8. The minimum atomic E-state index is -3.86. The molecule has 4 aliphatic rings. The molecule has 0 spiro atoms. The summed E-state index contributed by atoms with van der Waals surface area (Å²) >= 11 is 0. The molecule has 0 bridgehead atoms. The molecular weight excluding hydrogens is 1050 g/mol. The Morgan fingerprint density at radius 3 is 2.36 bits per heavy atom. The van der Waals surface area contributed by atoms with Crippen LogP contribution in [0.5, 0.6) is 5.75 Å². The number of H-pyrrole nitrogens is 1. The van der Waals surface area contributed by atoms with Gasteiger partial charge >= 0.3 is 6.09 Å². The molecule has 2 aliphatic carbocycles. The van der Waals surface area contributed by atoms with Crippen LogP contribution in [-0.2, 0) is 30.6 Å². The van der Waals surface area contributed by atoms with E-state index in [0.717, 1.165) is 73.3 Å². The van der Waals surface area contributed by atoms with Gasteiger partial charge in [0.25, 0.3) is 5.91 Å². The van der Waals surface area contributed by atoms with E-state index >= 15 is 0 Å². The maximum Gasteiger partial charge on any atom is 0.407 e. The molecule has 2 saturated heterocycles. The fourth-order valence-electron chi connectivity index (χ4n) is 11.4. The first-order valence-corrected chi connectivity index (χ1v) is 29.8. The number of aryl methyl sites for hydroxylation is 2. The molecule has 0 unspecified atom stereocenters. The molecule has 5 aromatic rings. The van der Waals surface area contributed by atoms with Gasteiger partial charge in [0, 0.05) is 81.3 Å². The van der Waals surface area contributed by atoms with Gasteiger partial charge in [-0.25, -0.2) is 28.2 Å². The van der Waals surface area contributed by atoms with E-state index in [1.165, 1.54) is 37.0 Å². The molecule has 1 saturated carbocycles. The Morgan fingerprint density at radius 1 is 0.914 bits per heavy atom. The number of hydrogen-bond acceptors (Lipinski definition) is 15. The average Bonchev–Trinajstić information content (AvgIpc) is 4.05. The van der Waals surface area contributed by atoms with E-state index in [4.69, 9.17) is 9.72 Å². The molecule has 23 heteroatoms. The van der Waals surface area contributed by atoms with Crippen LogP contribution in [0.25, 0.3) is 10.9 Å². The van der Waals surface area contributed by atoms with Crippen molar-refractivity contribution in [3.05, 3.63) is 89.0 Å². The van der Waals surface area contributed by atoms with Crippen LogP contribution in [0.3, 0.4) is 0 Å². The average molecular weight is 1130 g/mol. The number of sulfone groups is 1. The molecule has 81 heavy (non-hydrogen) atoms. The molecule has 3 fully saturated rings. The number of nitrogens with zero attached hydrogens (tertiary/aromatic N) is 8. The predicted octanol–water partition coefficient (Wildman–Crippen LogP) is 6.23. The molecule has 9 rings (SSSR count). The van der Waals surface area contributed by atoms with Gasteiger partial charge in [-0.2, -0.15) is 5.10 Å². The number of hydrogen-bond donors (Lipinski definition) is 6. The number of likely N-dealkylation sites (N-methyl/N-ethyl adjacent to an activating group) is 1. The molecular formula is C58H77N13O9S. The summed E-state index contributed by atoms with van der Waals surface area (Å²) in [5.41, 5.74) is 4.87. The summed E-state index contributed by atoms with van der Waals surface area (Å²) in [5, 5.41) is 29.9. The topological polar surface area (TPSA) is 277 Å². The number of fused-ring (bicyclic) bond motifs is 2. The van der Waals surface area contributed by atoms with Crippen molar-refractivity contribution < 1.29 is 42.2 Å². The third-order valence-electron chi connectivity index (χ3n) is 16.7. The van der Waals surface area contributed by atoms with Crippen LogP contribution >= 0.6 is 0 Å². The van der Waals surface area contributed by atoms with Crippen LogP contribution < -0.4 is 30.9 Å². The van der Waals surface area contributed by atoms with Gasteiger partial charge in [0.2, 0.25) is 17.7 Å². The molecule has 5 atom stereocenters.